The predicted octanol–water partition coefficient (Wildman–Crippen LogP) is -0.722. The minimum absolute atomic E-state index is 0.0386. The molecule has 2 saturated heterocycles. The lowest BCUT2D eigenvalue weighted by molar-refractivity contribution is -0.150. The van der Waals surface area contributed by atoms with Crippen LogP contribution >= 0.6 is 0 Å². The number of rotatable bonds is 1. The van der Waals surface area contributed by atoms with Gasteiger partial charge in [-0.3, -0.25) is 19.8 Å². The molecule has 2 aliphatic rings. The van der Waals surface area contributed by atoms with E-state index in [1.807, 2.05) is 0 Å². The molecule has 2 aliphatic heterocycles. The first kappa shape index (κ1) is 13.0. The van der Waals surface area contributed by atoms with Crippen molar-refractivity contribution in [3.63, 3.8) is 0 Å². The Bertz CT molecular complexity index is 536. The van der Waals surface area contributed by atoms with Crippen molar-refractivity contribution in [3.8, 4) is 0 Å². The van der Waals surface area contributed by atoms with Gasteiger partial charge in [-0.1, -0.05) is 0 Å². The van der Waals surface area contributed by atoms with Crippen LogP contribution in [0.25, 0.3) is 0 Å². The number of carbonyl (C=O) groups is 3. The summed E-state index contributed by atoms with van der Waals surface area (Å²) >= 11 is 0. The van der Waals surface area contributed by atoms with Gasteiger partial charge in [-0.25, -0.2) is 13.2 Å². The van der Waals surface area contributed by atoms with Crippen molar-refractivity contribution in [2.24, 2.45) is 5.41 Å². The van der Waals surface area contributed by atoms with E-state index in [9.17, 15) is 22.8 Å². The third-order valence-corrected chi connectivity index (χ3v) is 5.08. The van der Waals surface area contributed by atoms with Crippen molar-refractivity contribution in [1.82, 2.24) is 10.2 Å². The first-order valence-corrected chi connectivity index (χ1v) is 7.37. The van der Waals surface area contributed by atoms with Gasteiger partial charge in [0.05, 0.1) is 17.5 Å². The fourth-order valence-electron chi connectivity index (χ4n) is 2.11. The highest BCUT2D eigenvalue weighted by molar-refractivity contribution is 7.91. The maximum Gasteiger partial charge on any atom is 0.331 e. The Balaban J connectivity index is 2.31. The number of nitrogens with one attached hydrogen (secondary N) is 1. The Kier molecular flexibility index (Phi) is 2.73. The summed E-state index contributed by atoms with van der Waals surface area (Å²) < 4.78 is 22.8. The molecule has 1 atom stereocenters. The average molecular weight is 274 g/mol. The van der Waals surface area contributed by atoms with Gasteiger partial charge in [0.25, 0.3) is 0 Å². The van der Waals surface area contributed by atoms with E-state index in [0.717, 1.165) is 4.90 Å². The van der Waals surface area contributed by atoms with E-state index >= 15 is 0 Å². The molecule has 0 saturated carbocycles. The lowest BCUT2D eigenvalue weighted by atomic mass is 9.88. The van der Waals surface area contributed by atoms with Gasteiger partial charge in [0.1, 0.15) is 5.41 Å². The highest BCUT2D eigenvalue weighted by atomic mass is 32.2. The minimum Gasteiger partial charge on any atom is -0.277 e. The van der Waals surface area contributed by atoms with Crippen LogP contribution in [0.15, 0.2) is 0 Å². The molecule has 0 spiro atoms. The molecule has 1 unspecified atom stereocenters. The molecule has 8 heteroatoms. The molecular formula is C10H14N2O5S. The standard InChI is InChI=1S/C10H14N2O5S/c1-10(2)7(13)11-9(15)12(8(10)14)6-3-4-18(16,17)5-6/h6H,3-5H2,1-2H3,(H,11,13,15). The molecule has 0 aromatic rings. The van der Waals surface area contributed by atoms with Gasteiger partial charge in [0.2, 0.25) is 11.8 Å². The molecule has 100 valence electrons. The molecule has 0 aromatic heterocycles. The van der Waals surface area contributed by atoms with Crippen LogP contribution in [0.4, 0.5) is 4.79 Å². The molecule has 0 aliphatic carbocycles. The lowest BCUT2D eigenvalue weighted by Gasteiger charge is -2.37. The quantitative estimate of drug-likeness (QED) is 0.636. The lowest BCUT2D eigenvalue weighted by Crippen LogP contribution is -2.64. The Hall–Kier alpha value is -1.44. The highest BCUT2D eigenvalue weighted by Gasteiger charge is 2.50. The van der Waals surface area contributed by atoms with Crippen LogP contribution in [0.2, 0.25) is 0 Å². The number of barbiturate groups is 1. The molecule has 7 nitrogen and oxygen atoms in total. The normalized spacial score (nSPS) is 30.4. The first-order valence-electron chi connectivity index (χ1n) is 5.54. The Morgan fingerprint density at radius 2 is 1.89 bits per heavy atom. The van der Waals surface area contributed by atoms with Crippen LogP contribution in [-0.4, -0.2) is 48.7 Å². The number of amides is 4. The van der Waals surface area contributed by atoms with Crippen LogP contribution in [0.3, 0.4) is 0 Å². The third kappa shape index (κ3) is 1.90. The zero-order valence-electron chi connectivity index (χ0n) is 10.1. The Morgan fingerprint density at radius 1 is 1.28 bits per heavy atom. The van der Waals surface area contributed by atoms with Gasteiger partial charge in [-0.05, 0) is 20.3 Å². The van der Waals surface area contributed by atoms with E-state index in [2.05, 4.69) is 5.32 Å². The number of hydrogen-bond donors (Lipinski definition) is 1. The minimum atomic E-state index is -3.20. The zero-order chi connectivity index (χ0) is 13.7. The molecule has 1 N–H and O–H groups in total. The molecule has 18 heavy (non-hydrogen) atoms. The molecule has 4 amide bonds. The Morgan fingerprint density at radius 3 is 2.39 bits per heavy atom. The van der Waals surface area contributed by atoms with E-state index in [4.69, 9.17) is 0 Å². The highest BCUT2D eigenvalue weighted by Crippen LogP contribution is 2.28. The van der Waals surface area contributed by atoms with Gasteiger partial charge in [0, 0.05) is 0 Å². The van der Waals surface area contributed by atoms with Crippen molar-refractivity contribution in [3.05, 3.63) is 0 Å². The van der Waals surface area contributed by atoms with Crippen molar-refractivity contribution in [2.75, 3.05) is 11.5 Å². The van der Waals surface area contributed by atoms with Crippen LogP contribution in [0, 0.1) is 5.41 Å². The second-order valence-electron chi connectivity index (χ2n) is 5.12. The predicted molar refractivity (Wildman–Crippen MR) is 61.2 cm³/mol. The summed E-state index contributed by atoms with van der Waals surface area (Å²) in [7, 11) is -3.20. The van der Waals surface area contributed by atoms with Crippen LogP contribution in [-0.2, 0) is 19.4 Å². The van der Waals surface area contributed by atoms with Crippen molar-refractivity contribution >= 4 is 27.7 Å². The Labute approximate surface area is 104 Å². The second kappa shape index (κ2) is 3.78. The average Bonchev–Trinajstić information content (AvgIpc) is 2.57. The second-order valence-corrected chi connectivity index (χ2v) is 7.35. The van der Waals surface area contributed by atoms with E-state index in [0.29, 0.717) is 0 Å². The monoisotopic (exact) mass is 274 g/mol. The van der Waals surface area contributed by atoms with E-state index in [-0.39, 0.29) is 17.9 Å². The largest absolute Gasteiger partial charge is 0.331 e. The van der Waals surface area contributed by atoms with Crippen LogP contribution < -0.4 is 5.32 Å². The number of carbonyl (C=O) groups excluding carboxylic acids is 3. The van der Waals surface area contributed by atoms with Crippen LogP contribution in [0.5, 0.6) is 0 Å². The summed E-state index contributed by atoms with van der Waals surface area (Å²) in [5.41, 5.74) is -1.35. The molecule has 2 rings (SSSR count). The van der Waals surface area contributed by atoms with Gasteiger partial charge < -0.3 is 0 Å². The summed E-state index contributed by atoms with van der Waals surface area (Å²) in [6, 6.07) is -1.50. The van der Waals surface area contributed by atoms with Crippen molar-refractivity contribution in [2.45, 2.75) is 26.3 Å². The van der Waals surface area contributed by atoms with Crippen molar-refractivity contribution in [1.29, 1.82) is 0 Å². The van der Waals surface area contributed by atoms with E-state index in [1.165, 1.54) is 13.8 Å². The fraction of sp³-hybridized carbons (Fsp3) is 0.700. The molecule has 0 bridgehead atoms. The van der Waals surface area contributed by atoms with Gasteiger partial charge in [-0.15, -0.1) is 0 Å². The third-order valence-electron chi connectivity index (χ3n) is 3.33. The molecule has 2 fully saturated rings. The van der Waals surface area contributed by atoms with Gasteiger partial charge in [-0.2, -0.15) is 0 Å². The number of nitrogens with zero attached hydrogens (tertiary/aromatic N) is 1. The fourth-order valence-corrected chi connectivity index (χ4v) is 3.81. The van der Waals surface area contributed by atoms with Gasteiger partial charge >= 0.3 is 6.03 Å². The number of urea groups is 1. The van der Waals surface area contributed by atoms with Gasteiger partial charge in [0.15, 0.2) is 9.84 Å². The summed E-state index contributed by atoms with van der Waals surface area (Å²) in [5.74, 6) is -1.56. The summed E-state index contributed by atoms with van der Waals surface area (Å²) in [5, 5.41) is 2.09. The zero-order valence-corrected chi connectivity index (χ0v) is 10.9. The maximum absolute atomic E-state index is 12.1. The number of hydrogen-bond acceptors (Lipinski definition) is 5. The maximum atomic E-state index is 12.1. The summed E-state index contributed by atoms with van der Waals surface area (Å²) in [4.78, 5) is 36.2. The number of sulfone groups is 1. The van der Waals surface area contributed by atoms with E-state index in [1.54, 1.807) is 0 Å². The molecule has 0 radical (unpaired) electrons. The SMILES string of the molecule is CC1(C)C(=O)NC(=O)N(C2CCS(=O)(=O)C2)C1=O. The molecule has 0 aromatic carbocycles. The smallest absolute Gasteiger partial charge is 0.277 e. The topological polar surface area (TPSA) is 101 Å². The number of imide groups is 2. The van der Waals surface area contributed by atoms with Crippen molar-refractivity contribution < 1.29 is 22.8 Å². The van der Waals surface area contributed by atoms with E-state index < -0.39 is 39.1 Å². The summed E-state index contributed by atoms with van der Waals surface area (Å²) in [6.45, 7) is 2.82. The summed E-state index contributed by atoms with van der Waals surface area (Å²) in [6.07, 6.45) is 0.228. The molecule has 2 heterocycles. The molecular weight excluding hydrogens is 260 g/mol. The first-order chi connectivity index (χ1) is 8.15. The van der Waals surface area contributed by atoms with Crippen LogP contribution in [0.1, 0.15) is 20.3 Å².